The van der Waals surface area contributed by atoms with Crippen molar-refractivity contribution in [3.63, 3.8) is 0 Å². The summed E-state index contributed by atoms with van der Waals surface area (Å²) in [6.07, 6.45) is 0.737. The zero-order valence-electron chi connectivity index (χ0n) is 12.4. The molecule has 0 aliphatic rings. The molecule has 0 radical (unpaired) electrons. The van der Waals surface area contributed by atoms with E-state index in [1.165, 1.54) is 0 Å². The maximum Gasteiger partial charge on any atom is 0.415 e. The van der Waals surface area contributed by atoms with Gasteiger partial charge in [-0.2, -0.15) is 4.68 Å². The Morgan fingerprint density at radius 3 is 2.38 bits per heavy atom. The molecule has 10 heteroatoms. The lowest BCUT2D eigenvalue weighted by atomic mass is 9.93. The standard InChI is InChI=1S/C11H17N5O4S/c1-11(2,3)6-7(17)16(9(21-5)14-13-6)15-8(18)12-10(19)20-4/h1-5H3,(H2,12,15,18,19). The second-order valence-corrected chi connectivity index (χ2v) is 5.76. The second kappa shape index (κ2) is 6.57. The Kier molecular flexibility index (Phi) is 5.30. The first-order valence-electron chi connectivity index (χ1n) is 5.91. The third-order valence-corrected chi connectivity index (χ3v) is 2.97. The Bertz CT molecular complexity index is 608. The molecule has 0 fully saturated rings. The van der Waals surface area contributed by atoms with Crippen LogP contribution in [0.3, 0.4) is 0 Å². The number of aromatic nitrogens is 3. The number of rotatable bonds is 2. The highest BCUT2D eigenvalue weighted by Crippen LogP contribution is 2.16. The summed E-state index contributed by atoms with van der Waals surface area (Å²) >= 11 is 1.13. The number of carbonyl (C=O) groups is 2. The molecule has 1 aromatic rings. The zero-order valence-corrected chi connectivity index (χ0v) is 13.2. The van der Waals surface area contributed by atoms with Crippen molar-refractivity contribution in [2.75, 3.05) is 18.8 Å². The van der Waals surface area contributed by atoms with Gasteiger partial charge >= 0.3 is 12.1 Å². The van der Waals surface area contributed by atoms with Crippen molar-refractivity contribution >= 4 is 23.9 Å². The molecule has 0 saturated heterocycles. The Hall–Kier alpha value is -2.10. The molecular weight excluding hydrogens is 298 g/mol. The Morgan fingerprint density at radius 1 is 1.29 bits per heavy atom. The van der Waals surface area contributed by atoms with Gasteiger partial charge < -0.3 is 4.74 Å². The van der Waals surface area contributed by atoms with E-state index in [-0.39, 0.29) is 10.9 Å². The summed E-state index contributed by atoms with van der Waals surface area (Å²) in [4.78, 5) is 35.0. The molecule has 0 atom stereocenters. The normalized spacial score (nSPS) is 10.9. The van der Waals surface area contributed by atoms with E-state index >= 15 is 0 Å². The van der Waals surface area contributed by atoms with Crippen LogP contribution in [0.5, 0.6) is 0 Å². The van der Waals surface area contributed by atoms with Crippen LogP contribution < -0.4 is 16.3 Å². The number of alkyl carbamates (subject to hydrolysis) is 1. The smallest absolute Gasteiger partial charge is 0.415 e. The van der Waals surface area contributed by atoms with Crippen molar-refractivity contribution in [1.82, 2.24) is 20.2 Å². The molecule has 0 bridgehead atoms. The lowest BCUT2D eigenvalue weighted by molar-refractivity contribution is 0.171. The maximum absolute atomic E-state index is 12.4. The van der Waals surface area contributed by atoms with Crippen molar-refractivity contribution in [1.29, 1.82) is 0 Å². The van der Waals surface area contributed by atoms with E-state index in [2.05, 4.69) is 20.4 Å². The van der Waals surface area contributed by atoms with Gasteiger partial charge in [0.1, 0.15) is 5.69 Å². The van der Waals surface area contributed by atoms with Crippen molar-refractivity contribution in [2.24, 2.45) is 0 Å². The first-order valence-corrected chi connectivity index (χ1v) is 7.13. The summed E-state index contributed by atoms with van der Waals surface area (Å²) in [5.41, 5.74) is 1.38. The molecule has 0 spiro atoms. The fraction of sp³-hybridized carbons (Fsp3) is 0.545. The van der Waals surface area contributed by atoms with E-state index in [0.717, 1.165) is 23.5 Å². The highest BCUT2D eigenvalue weighted by molar-refractivity contribution is 7.98. The van der Waals surface area contributed by atoms with Crippen LogP contribution >= 0.6 is 11.8 Å². The molecule has 9 nitrogen and oxygen atoms in total. The molecule has 116 valence electrons. The van der Waals surface area contributed by atoms with E-state index in [1.54, 1.807) is 27.0 Å². The summed E-state index contributed by atoms with van der Waals surface area (Å²) < 4.78 is 5.23. The number of imide groups is 1. The number of nitrogens with one attached hydrogen (secondary N) is 2. The highest BCUT2D eigenvalue weighted by atomic mass is 32.2. The Morgan fingerprint density at radius 2 is 1.90 bits per heavy atom. The quantitative estimate of drug-likeness (QED) is 0.771. The van der Waals surface area contributed by atoms with Gasteiger partial charge in [0.15, 0.2) is 0 Å². The number of nitrogens with zero attached hydrogens (tertiary/aromatic N) is 3. The summed E-state index contributed by atoms with van der Waals surface area (Å²) in [5.74, 6) is 0. The molecule has 0 unspecified atom stereocenters. The van der Waals surface area contributed by atoms with E-state index < -0.39 is 23.1 Å². The fourth-order valence-corrected chi connectivity index (χ4v) is 1.78. The molecule has 0 aliphatic heterocycles. The Labute approximate surface area is 125 Å². The molecule has 21 heavy (non-hydrogen) atoms. The van der Waals surface area contributed by atoms with Crippen LogP contribution in [0.1, 0.15) is 26.5 Å². The van der Waals surface area contributed by atoms with Gasteiger partial charge in [-0.25, -0.2) is 20.3 Å². The number of hydrogen-bond acceptors (Lipinski definition) is 7. The molecule has 1 heterocycles. The van der Waals surface area contributed by atoms with Crippen molar-refractivity contribution < 1.29 is 14.3 Å². The number of carbonyl (C=O) groups excluding carboxylic acids is 2. The van der Waals surface area contributed by atoms with Gasteiger partial charge in [0.25, 0.3) is 5.56 Å². The molecule has 3 amide bonds. The lowest BCUT2D eigenvalue weighted by Crippen LogP contribution is -2.45. The van der Waals surface area contributed by atoms with Crippen LogP contribution in [0, 0.1) is 0 Å². The van der Waals surface area contributed by atoms with Crippen LogP contribution in [0.2, 0.25) is 0 Å². The first-order chi connectivity index (χ1) is 9.70. The van der Waals surface area contributed by atoms with Crippen LogP contribution in [0.15, 0.2) is 9.95 Å². The number of hydrogen-bond donors (Lipinski definition) is 2. The number of ether oxygens (including phenoxy) is 1. The Balaban J connectivity index is 3.18. The van der Waals surface area contributed by atoms with E-state index in [0.29, 0.717) is 0 Å². The summed E-state index contributed by atoms with van der Waals surface area (Å²) in [6.45, 7) is 5.40. The summed E-state index contributed by atoms with van der Waals surface area (Å²) in [7, 11) is 1.12. The SMILES string of the molecule is COC(=O)NC(=O)Nn1c(SC)nnc(C(C)(C)C)c1=O. The number of amides is 3. The average molecular weight is 315 g/mol. The second-order valence-electron chi connectivity index (χ2n) is 4.98. The summed E-state index contributed by atoms with van der Waals surface area (Å²) in [6, 6.07) is -0.910. The van der Waals surface area contributed by atoms with Gasteiger partial charge in [0, 0.05) is 5.41 Å². The molecule has 1 aromatic heterocycles. The van der Waals surface area contributed by atoms with E-state index in [9.17, 15) is 14.4 Å². The largest absolute Gasteiger partial charge is 0.453 e. The predicted molar refractivity (Wildman–Crippen MR) is 77.1 cm³/mol. The highest BCUT2D eigenvalue weighted by Gasteiger charge is 2.24. The fourth-order valence-electron chi connectivity index (χ4n) is 1.35. The van der Waals surface area contributed by atoms with Crippen LogP contribution in [-0.2, 0) is 10.2 Å². The molecular formula is C11H17N5O4S. The third-order valence-electron chi connectivity index (χ3n) is 2.34. The lowest BCUT2D eigenvalue weighted by Gasteiger charge is -2.18. The molecule has 2 N–H and O–H groups in total. The minimum atomic E-state index is -0.940. The number of methoxy groups -OCH3 is 1. The number of thioether (sulfide) groups is 1. The topological polar surface area (TPSA) is 115 Å². The number of urea groups is 1. The molecule has 1 rings (SSSR count). The van der Waals surface area contributed by atoms with Crippen molar-refractivity contribution in [3.05, 3.63) is 16.0 Å². The average Bonchev–Trinajstić information content (AvgIpc) is 2.39. The van der Waals surface area contributed by atoms with E-state index in [4.69, 9.17) is 0 Å². The van der Waals surface area contributed by atoms with Crippen molar-refractivity contribution in [2.45, 2.75) is 31.3 Å². The monoisotopic (exact) mass is 315 g/mol. The third kappa shape index (κ3) is 4.18. The molecule has 0 aliphatic carbocycles. The van der Waals surface area contributed by atoms with Gasteiger partial charge in [-0.05, 0) is 6.26 Å². The molecule has 0 saturated carbocycles. The minimum absolute atomic E-state index is 0.188. The van der Waals surface area contributed by atoms with E-state index in [1.807, 2.05) is 5.32 Å². The van der Waals surface area contributed by atoms with Gasteiger partial charge in [0.2, 0.25) is 5.16 Å². The van der Waals surface area contributed by atoms with Crippen molar-refractivity contribution in [3.8, 4) is 0 Å². The van der Waals surface area contributed by atoms with Gasteiger partial charge in [-0.1, -0.05) is 32.5 Å². The van der Waals surface area contributed by atoms with Crippen LogP contribution in [0.4, 0.5) is 9.59 Å². The van der Waals surface area contributed by atoms with Gasteiger partial charge in [-0.3, -0.25) is 4.79 Å². The zero-order chi connectivity index (χ0) is 16.2. The summed E-state index contributed by atoms with van der Waals surface area (Å²) in [5, 5.41) is 9.87. The molecule has 0 aromatic carbocycles. The van der Waals surface area contributed by atoms with Gasteiger partial charge in [0.05, 0.1) is 7.11 Å². The predicted octanol–water partition coefficient (Wildman–Crippen LogP) is 0.677. The van der Waals surface area contributed by atoms with Crippen LogP contribution in [0.25, 0.3) is 0 Å². The first kappa shape index (κ1) is 17.0. The maximum atomic E-state index is 12.4. The minimum Gasteiger partial charge on any atom is -0.453 e. The van der Waals surface area contributed by atoms with Gasteiger partial charge in [-0.15, -0.1) is 10.2 Å². The van der Waals surface area contributed by atoms with Crippen LogP contribution in [-0.4, -0.2) is 40.4 Å².